The molecule has 0 saturated heterocycles. The van der Waals surface area contributed by atoms with Gasteiger partial charge in [-0.15, -0.1) is 0 Å². The highest BCUT2D eigenvalue weighted by molar-refractivity contribution is 6.24. The maximum Gasteiger partial charge on any atom is 0.0159 e. The van der Waals surface area contributed by atoms with Gasteiger partial charge in [0.15, 0.2) is 0 Å². The molecule has 0 unspecified atom stereocenters. The lowest BCUT2D eigenvalue weighted by atomic mass is 9.68. The average Bonchev–Trinajstić information content (AvgIpc) is 3.35. The van der Waals surface area contributed by atoms with Gasteiger partial charge in [0.2, 0.25) is 0 Å². The van der Waals surface area contributed by atoms with Crippen molar-refractivity contribution in [3.05, 3.63) is 168 Å². The van der Waals surface area contributed by atoms with Gasteiger partial charge in [-0.1, -0.05) is 167 Å². The van der Waals surface area contributed by atoms with E-state index >= 15 is 0 Å². The van der Waals surface area contributed by atoms with Crippen LogP contribution in [-0.2, 0) is 10.8 Å². The van der Waals surface area contributed by atoms with Crippen molar-refractivity contribution in [2.24, 2.45) is 0 Å². The minimum atomic E-state index is -0.0866. The van der Waals surface area contributed by atoms with E-state index in [0.29, 0.717) is 0 Å². The van der Waals surface area contributed by atoms with Crippen LogP contribution in [-0.4, -0.2) is 0 Å². The van der Waals surface area contributed by atoms with E-state index in [1.165, 1.54) is 99.1 Å². The predicted molar refractivity (Wildman–Crippen MR) is 205 cm³/mol. The first-order valence-corrected chi connectivity index (χ1v) is 17.2. The molecule has 0 heteroatoms. The van der Waals surface area contributed by atoms with Crippen LogP contribution in [0.5, 0.6) is 0 Å². The molecular formula is C48H36. The molecule has 10 rings (SSSR count). The maximum absolute atomic E-state index is 2.48. The lowest BCUT2D eigenvalue weighted by molar-refractivity contribution is 0.645. The molecule has 0 spiro atoms. The van der Waals surface area contributed by atoms with Crippen molar-refractivity contribution in [2.45, 2.75) is 38.5 Å². The van der Waals surface area contributed by atoms with Gasteiger partial charge in [0.05, 0.1) is 0 Å². The number of hydrogen-bond donors (Lipinski definition) is 0. The molecule has 0 nitrogen and oxygen atoms in total. The third-order valence-electron chi connectivity index (χ3n) is 11.7. The lowest BCUT2D eigenvalue weighted by Gasteiger charge is -2.35. The molecule has 0 saturated carbocycles. The van der Waals surface area contributed by atoms with Crippen LogP contribution < -0.4 is 0 Å². The summed E-state index contributed by atoms with van der Waals surface area (Å²) in [7, 11) is 0. The molecule has 0 radical (unpaired) electrons. The van der Waals surface area contributed by atoms with Crippen molar-refractivity contribution < 1.29 is 0 Å². The maximum atomic E-state index is 2.48. The highest BCUT2D eigenvalue weighted by Gasteiger charge is 2.36. The molecular weight excluding hydrogens is 577 g/mol. The Balaban J connectivity index is 1.28. The number of benzene rings is 8. The number of hydrogen-bond acceptors (Lipinski definition) is 0. The lowest BCUT2D eigenvalue weighted by Crippen LogP contribution is -2.23. The fraction of sp³-hybridized carbons (Fsp3) is 0.125. The van der Waals surface area contributed by atoms with Gasteiger partial charge >= 0.3 is 0 Å². The molecule has 0 aromatic heterocycles. The van der Waals surface area contributed by atoms with E-state index in [-0.39, 0.29) is 10.8 Å². The van der Waals surface area contributed by atoms with Crippen LogP contribution in [0.4, 0.5) is 0 Å². The van der Waals surface area contributed by atoms with Crippen molar-refractivity contribution in [3.63, 3.8) is 0 Å². The second-order valence-electron chi connectivity index (χ2n) is 14.8. The van der Waals surface area contributed by atoms with Crippen molar-refractivity contribution in [3.8, 4) is 44.5 Å². The van der Waals surface area contributed by atoms with Crippen LogP contribution in [0.15, 0.2) is 146 Å². The standard InChI is InChI=1S/C48H36/c1-47(2)41-22-12-10-15-31(41)38-26-27-39(37-20-13-23-42(47)46(37)38)45-35-18-7-5-16-33(35)44(34-17-6-8-19-36(34)45)29-24-25-32-30-14-9-11-21-40(30)48(3,4)43(32)28-29/h5-28H,1-4H3. The Morgan fingerprint density at radius 1 is 0.312 bits per heavy atom. The van der Waals surface area contributed by atoms with Crippen molar-refractivity contribution in [1.82, 2.24) is 0 Å². The van der Waals surface area contributed by atoms with Gasteiger partial charge in [0.25, 0.3) is 0 Å². The minimum absolute atomic E-state index is 0.0523. The largest absolute Gasteiger partial charge is 0.0619 e. The van der Waals surface area contributed by atoms with E-state index in [9.17, 15) is 0 Å². The van der Waals surface area contributed by atoms with Crippen LogP contribution in [0.2, 0.25) is 0 Å². The van der Waals surface area contributed by atoms with E-state index in [0.717, 1.165) is 0 Å². The molecule has 0 heterocycles. The molecule has 228 valence electrons. The monoisotopic (exact) mass is 612 g/mol. The molecule has 0 fully saturated rings. The first-order chi connectivity index (χ1) is 23.4. The normalized spacial score (nSPS) is 15.0. The summed E-state index contributed by atoms with van der Waals surface area (Å²) in [5.74, 6) is 0. The zero-order chi connectivity index (χ0) is 32.4. The minimum Gasteiger partial charge on any atom is -0.0619 e. The van der Waals surface area contributed by atoms with E-state index in [4.69, 9.17) is 0 Å². The highest BCUT2D eigenvalue weighted by Crippen LogP contribution is 2.54. The Kier molecular flexibility index (Phi) is 5.50. The summed E-state index contributed by atoms with van der Waals surface area (Å²) in [4.78, 5) is 0. The first kappa shape index (κ1) is 27.6. The SMILES string of the molecule is CC1(C)c2ccccc2-c2ccc(-c3c4ccccc4c(-c4ccc5c6c(cccc46)C(C)(C)c4ccccc4-5)c4ccccc34)cc21. The Labute approximate surface area is 282 Å². The van der Waals surface area contributed by atoms with E-state index in [1.807, 2.05) is 0 Å². The molecule has 0 N–H and O–H groups in total. The van der Waals surface area contributed by atoms with Gasteiger partial charge in [-0.3, -0.25) is 0 Å². The Hall–Kier alpha value is -5.46. The van der Waals surface area contributed by atoms with Crippen molar-refractivity contribution in [2.75, 3.05) is 0 Å². The van der Waals surface area contributed by atoms with Gasteiger partial charge in [-0.05, 0) is 105 Å². The van der Waals surface area contributed by atoms with Crippen LogP contribution >= 0.6 is 0 Å². The summed E-state index contributed by atoms with van der Waals surface area (Å²) in [6.07, 6.45) is 0. The topological polar surface area (TPSA) is 0 Å². The molecule has 2 aliphatic carbocycles. The molecule has 0 aliphatic heterocycles. The quantitative estimate of drug-likeness (QED) is 0.170. The number of rotatable bonds is 2. The van der Waals surface area contributed by atoms with Crippen LogP contribution in [0, 0.1) is 0 Å². The van der Waals surface area contributed by atoms with Gasteiger partial charge in [0.1, 0.15) is 0 Å². The summed E-state index contributed by atoms with van der Waals surface area (Å²) in [6.45, 7) is 9.51. The van der Waals surface area contributed by atoms with E-state index < -0.39 is 0 Å². The zero-order valence-electron chi connectivity index (χ0n) is 27.9. The molecule has 2 aliphatic rings. The smallest absolute Gasteiger partial charge is 0.0159 e. The van der Waals surface area contributed by atoms with Gasteiger partial charge in [-0.25, -0.2) is 0 Å². The fourth-order valence-electron chi connectivity index (χ4n) is 9.37. The summed E-state index contributed by atoms with van der Waals surface area (Å²) >= 11 is 0. The zero-order valence-corrected chi connectivity index (χ0v) is 27.9. The van der Waals surface area contributed by atoms with Gasteiger partial charge in [-0.2, -0.15) is 0 Å². The second kappa shape index (κ2) is 9.55. The predicted octanol–water partition coefficient (Wildman–Crippen LogP) is 13.1. The molecule has 0 bridgehead atoms. The Bertz CT molecular complexity index is 2610. The molecule has 0 atom stereocenters. The van der Waals surface area contributed by atoms with E-state index in [1.54, 1.807) is 0 Å². The molecule has 48 heavy (non-hydrogen) atoms. The number of fused-ring (bicyclic) bond motifs is 7. The van der Waals surface area contributed by atoms with Gasteiger partial charge in [0, 0.05) is 10.8 Å². The van der Waals surface area contributed by atoms with Gasteiger partial charge < -0.3 is 0 Å². The molecule has 0 amide bonds. The highest BCUT2D eigenvalue weighted by atomic mass is 14.4. The third kappa shape index (κ3) is 3.50. The summed E-state index contributed by atoms with van der Waals surface area (Å²) in [5, 5.41) is 7.90. The van der Waals surface area contributed by atoms with Crippen LogP contribution in [0.1, 0.15) is 49.9 Å². The molecule has 8 aromatic carbocycles. The van der Waals surface area contributed by atoms with Crippen LogP contribution in [0.25, 0.3) is 76.8 Å². The second-order valence-corrected chi connectivity index (χ2v) is 14.8. The Morgan fingerprint density at radius 2 is 0.750 bits per heavy atom. The summed E-state index contributed by atoms with van der Waals surface area (Å²) in [6, 6.07) is 55.0. The summed E-state index contributed by atoms with van der Waals surface area (Å²) in [5.41, 5.74) is 16.1. The average molecular weight is 613 g/mol. The first-order valence-electron chi connectivity index (χ1n) is 17.2. The third-order valence-corrected chi connectivity index (χ3v) is 11.7. The summed E-state index contributed by atoms with van der Waals surface area (Å²) < 4.78 is 0. The van der Waals surface area contributed by atoms with Crippen molar-refractivity contribution >= 4 is 32.3 Å². The Morgan fingerprint density at radius 3 is 1.40 bits per heavy atom. The van der Waals surface area contributed by atoms with E-state index in [2.05, 4.69) is 173 Å². The van der Waals surface area contributed by atoms with Crippen LogP contribution in [0.3, 0.4) is 0 Å². The molecule has 8 aromatic rings. The van der Waals surface area contributed by atoms with Crippen molar-refractivity contribution in [1.29, 1.82) is 0 Å². The fourth-order valence-corrected chi connectivity index (χ4v) is 9.37.